The van der Waals surface area contributed by atoms with E-state index in [0.717, 1.165) is 19.6 Å². The number of likely N-dealkylation sites (N-methyl/N-ethyl adjacent to an activating group) is 2. The Hall–Kier alpha value is -1.66. The molecule has 2 heterocycles. The predicted octanol–water partition coefficient (Wildman–Crippen LogP) is 0.438. The molecule has 1 atom stereocenters. The highest BCUT2D eigenvalue weighted by Gasteiger charge is 2.22. The minimum absolute atomic E-state index is 0.266. The molecule has 2 rings (SSSR count). The van der Waals surface area contributed by atoms with E-state index in [4.69, 9.17) is 5.11 Å². The van der Waals surface area contributed by atoms with Gasteiger partial charge < -0.3 is 15.3 Å². The molecule has 1 saturated heterocycles. The average molecular weight is 264 g/mol. The first-order valence-corrected chi connectivity index (χ1v) is 6.38. The molecule has 1 aliphatic rings. The molecule has 0 amide bonds. The van der Waals surface area contributed by atoms with Crippen LogP contribution in [0.1, 0.15) is 10.4 Å². The number of pyridine rings is 1. The van der Waals surface area contributed by atoms with E-state index in [1.807, 2.05) is 0 Å². The monoisotopic (exact) mass is 264 g/mol. The summed E-state index contributed by atoms with van der Waals surface area (Å²) in [5.74, 6) is -0.931. The number of aromatic nitrogens is 1. The minimum atomic E-state index is -0.931. The van der Waals surface area contributed by atoms with Gasteiger partial charge in [-0.1, -0.05) is 0 Å². The molecule has 1 aliphatic heterocycles. The lowest BCUT2D eigenvalue weighted by Crippen LogP contribution is -2.52. The summed E-state index contributed by atoms with van der Waals surface area (Å²) in [7, 11) is 4.20. The molecule has 1 aromatic heterocycles. The van der Waals surface area contributed by atoms with Crippen LogP contribution >= 0.6 is 0 Å². The smallest absolute Gasteiger partial charge is 0.337 e. The topological polar surface area (TPSA) is 68.7 Å². The summed E-state index contributed by atoms with van der Waals surface area (Å²) in [6.45, 7) is 3.79. The van der Waals surface area contributed by atoms with Crippen molar-refractivity contribution in [2.75, 3.05) is 45.6 Å². The zero-order chi connectivity index (χ0) is 13.8. The standard InChI is InChI=1S/C13H20N4O2/c1-16-5-6-17(2)10(9-16)7-15-12-8-14-4-3-11(12)13(18)19/h3-4,8,10,15H,5-7,9H2,1-2H3,(H,18,19). The lowest BCUT2D eigenvalue weighted by atomic mass is 10.1. The van der Waals surface area contributed by atoms with Crippen molar-refractivity contribution in [3.63, 3.8) is 0 Å². The van der Waals surface area contributed by atoms with E-state index in [-0.39, 0.29) is 5.56 Å². The lowest BCUT2D eigenvalue weighted by molar-refractivity contribution is 0.0697. The number of carboxylic acid groups (broad SMARTS) is 1. The van der Waals surface area contributed by atoms with Gasteiger partial charge in [0.15, 0.2) is 0 Å². The van der Waals surface area contributed by atoms with E-state index < -0.39 is 5.97 Å². The highest BCUT2D eigenvalue weighted by atomic mass is 16.4. The van der Waals surface area contributed by atoms with Gasteiger partial charge in [0.05, 0.1) is 17.4 Å². The number of piperazine rings is 1. The van der Waals surface area contributed by atoms with Gasteiger partial charge in [-0.2, -0.15) is 0 Å². The van der Waals surface area contributed by atoms with Crippen LogP contribution in [0.4, 0.5) is 5.69 Å². The first-order chi connectivity index (χ1) is 9.08. The van der Waals surface area contributed by atoms with Crippen LogP contribution in [0, 0.1) is 0 Å². The average Bonchev–Trinajstić information content (AvgIpc) is 2.40. The highest BCUT2D eigenvalue weighted by molar-refractivity contribution is 5.93. The van der Waals surface area contributed by atoms with Crippen molar-refractivity contribution < 1.29 is 9.90 Å². The molecule has 0 aromatic carbocycles. The SMILES string of the molecule is CN1CCN(C)C(CNc2cnccc2C(=O)O)C1. The second-order valence-electron chi connectivity index (χ2n) is 5.00. The van der Waals surface area contributed by atoms with Gasteiger partial charge in [-0.25, -0.2) is 4.79 Å². The summed E-state index contributed by atoms with van der Waals surface area (Å²) in [5.41, 5.74) is 0.846. The maximum absolute atomic E-state index is 11.1. The molecule has 1 unspecified atom stereocenters. The highest BCUT2D eigenvalue weighted by Crippen LogP contribution is 2.14. The molecular formula is C13H20N4O2. The quantitative estimate of drug-likeness (QED) is 0.822. The number of rotatable bonds is 4. The van der Waals surface area contributed by atoms with Gasteiger partial charge in [0, 0.05) is 38.4 Å². The van der Waals surface area contributed by atoms with Crippen molar-refractivity contribution in [3.8, 4) is 0 Å². The van der Waals surface area contributed by atoms with Crippen molar-refractivity contribution >= 4 is 11.7 Å². The van der Waals surface area contributed by atoms with E-state index in [1.165, 1.54) is 12.3 Å². The molecule has 0 radical (unpaired) electrons. The van der Waals surface area contributed by atoms with Gasteiger partial charge in [0.25, 0.3) is 0 Å². The van der Waals surface area contributed by atoms with Crippen LogP contribution in [-0.2, 0) is 0 Å². The van der Waals surface area contributed by atoms with E-state index >= 15 is 0 Å². The molecule has 2 N–H and O–H groups in total. The Bertz CT molecular complexity index is 452. The fourth-order valence-electron chi connectivity index (χ4n) is 2.27. The molecule has 1 aromatic rings. The van der Waals surface area contributed by atoms with Crippen molar-refractivity contribution in [2.24, 2.45) is 0 Å². The summed E-state index contributed by atoms with van der Waals surface area (Å²) >= 11 is 0. The summed E-state index contributed by atoms with van der Waals surface area (Å²) in [4.78, 5) is 19.7. The first kappa shape index (κ1) is 13.8. The number of hydrogen-bond donors (Lipinski definition) is 2. The Morgan fingerprint density at radius 1 is 1.53 bits per heavy atom. The third kappa shape index (κ3) is 3.42. The van der Waals surface area contributed by atoms with Crippen molar-refractivity contribution in [2.45, 2.75) is 6.04 Å². The summed E-state index contributed by atoms with van der Waals surface area (Å²) in [6, 6.07) is 1.89. The molecule has 104 valence electrons. The largest absolute Gasteiger partial charge is 0.478 e. The van der Waals surface area contributed by atoms with E-state index in [9.17, 15) is 4.79 Å². The predicted molar refractivity (Wildman–Crippen MR) is 73.6 cm³/mol. The maximum Gasteiger partial charge on any atom is 0.337 e. The van der Waals surface area contributed by atoms with Crippen LogP contribution in [0.25, 0.3) is 0 Å². The number of nitrogens with zero attached hydrogens (tertiary/aromatic N) is 3. The van der Waals surface area contributed by atoms with Crippen molar-refractivity contribution in [1.29, 1.82) is 0 Å². The van der Waals surface area contributed by atoms with Gasteiger partial charge in [-0.05, 0) is 20.2 Å². The molecule has 0 bridgehead atoms. The van der Waals surface area contributed by atoms with Crippen LogP contribution in [0.15, 0.2) is 18.5 Å². The molecule has 0 saturated carbocycles. The van der Waals surface area contributed by atoms with Gasteiger partial charge in [-0.15, -0.1) is 0 Å². The number of carbonyl (C=O) groups is 1. The van der Waals surface area contributed by atoms with Crippen molar-refractivity contribution in [1.82, 2.24) is 14.8 Å². The number of anilines is 1. The second-order valence-corrected chi connectivity index (χ2v) is 5.00. The summed E-state index contributed by atoms with van der Waals surface area (Å²) in [6.07, 6.45) is 3.06. The molecule has 0 spiro atoms. The Morgan fingerprint density at radius 3 is 3.05 bits per heavy atom. The Balaban J connectivity index is 2.00. The van der Waals surface area contributed by atoms with Gasteiger partial charge in [0.2, 0.25) is 0 Å². The molecule has 6 heteroatoms. The zero-order valence-corrected chi connectivity index (χ0v) is 11.3. The number of aromatic carboxylic acids is 1. The van der Waals surface area contributed by atoms with Crippen LogP contribution in [-0.4, -0.2) is 72.2 Å². The fourth-order valence-corrected chi connectivity index (χ4v) is 2.27. The van der Waals surface area contributed by atoms with E-state index in [1.54, 1.807) is 6.20 Å². The van der Waals surface area contributed by atoms with E-state index in [0.29, 0.717) is 18.3 Å². The molecule has 1 fully saturated rings. The number of hydrogen-bond acceptors (Lipinski definition) is 5. The number of carboxylic acids is 1. The second kappa shape index (κ2) is 5.99. The van der Waals surface area contributed by atoms with Crippen molar-refractivity contribution in [3.05, 3.63) is 24.0 Å². The third-order valence-corrected chi connectivity index (χ3v) is 3.56. The molecular weight excluding hydrogens is 244 g/mol. The lowest BCUT2D eigenvalue weighted by Gasteiger charge is -2.37. The van der Waals surface area contributed by atoms with Gasteiger partial charge in [-0.3, -0.25) is 9.88 Å². The number of nitrogens with one attached hydrogen (secondary N) is 1. The van der Waals surface area contributed by atoms with E-state index in [2.05, 4.69) is 34.2 Å². The van der Waals surface area contributed by atoms with Crippen LogP contribution < -0.4 is 5.32 Å². The first-order valence-electron chi connectivity index (χ1n) is 6.38. The normalized spacial score (nSPS) is 21.3. The molecule has 6 nitrogen and oxygen atoms in total. The Kier molecular flexibility index (Phi) is 4.34. The minimum Gasteiger partial charge on any atom is -0.478 e. The fraction of sp³-hybridized carbons (Fsp3) is 0.538. The zero-order valence-electron chi connectivity index (χ0n) is 11.3. The summed E-state index contributed by atoms with van der Waals surface area (Å²) in [5, 5.41) is 12.3. The Morgan fingerprint density at radius 2 is 2.32 bits per heavy atom. The van der Waals surface area contributed by atoms with Gasteiger partial charge in [0.1, 0.15) is 0 Å². The van der Waals surface area contributed by atoms with Crippen LogP contribution in [0.5, 0.6) is 0 Å². The summed E-state index contributed by atoms with van der Waals surface area (Å²) < 4.78 is 0. The van der Waals surface area contributed by atoms with Gasteiger partial charge >= 0.3 is 5.97 Å². The van der Waals surface area contributed by atoms with Crippen LogP contribution in [0.2, 0.25) is 0 Å². The molecule has 0 aliphatic carbocycles. The van der Waals surface area contributed by atoms with Crippen LogP contribution in [0.3, 0.4) is 0 Å². The third-order valence-electron chi connectivity index (χ3n) is 3.56. The maximum atomic E-state index is 11.1. The molecule has 19 heavy (non-hydrogen) atoms. The Labute approximate surface area is 113 Å².